The zero-order valence-corrected chi connectivity index (χ0v) is 14.2. The second-order valence-corrected chi connectivity index (χ2v) is 6.64. The number of rotatable bonds is 7. The van der Waals surface area contributed by atoms with E-state index in [9.17, 15) is 13.7 Å². The average molecular weight is 378 g/mol. The van der Waals surface area contributed by atoms with Crippen LogP contribution in [0, 0.1) is 5.82 Å². The molecule has 0 aliphatic carbocycles. The molecule has 0 spiro atoms. The topological polar surface area (TPSA) is 61.4 Å². The van der Waals surface area contributed by atoms with E-state index in [0.717, 1.165) is 0 Å². The predicted octanol–water partition coefficient (Wildman–Crippen LogP) is 3.37. The number of carbonyl (C=O) groups is 1. The molecule has 0 bridgehead atoms. The lowest BCUT2D eigenvalue weighted by atomic mass is 10.0. The second kappa shape index (κ2) is 8.53. The maximum absolute atomic E-state index is 13.2. The van der Waals surface area contributed by atoms with Crippen molar-refractivity contribution < 1.29 is 18.5 Å². The van der Waals surface area contributed by atoms with Gasteiger partial charge in [0.15, 0.2) is 0 Å². The van der Waals surface area contributed by atoms with Crippen LogP contribution in [-0.2, 0) is 20.9 Å². The first-order valence-corrected chi connectivity index (χ1v) is 8.23. The normalized spacial score (nSPS) is 13.6. The minimum Gasteiger partial charge on any atom is -0.593 e. The highest BCUT2D eigenvalue weighted by molar-refractivity contribution is 9.10. The summed E-state index contributed by atoms with van der Waals surface area (Å²) in [5.41, 5.74) is 0.624. The van der Waals surface area contributed by atoms with Crippen molar-refractivity contribution >= 4 is 33.3 Å². The summed E-state index contributed by atoms with van der Waals surface area (Å²) in [5.74, 6) is -0.827. The molecule has 7 heteroatoms. The van der Waals surface area contributed by atoms with Gasteiger partial charge in [-0.25, -0.2) is 4.39 Å². The van der Waals surface area contributed by atoms with Crippen LogP contribution < -0.4 is 4.72 Å². The van der Waals surface area contributed by atoms with Gasteiger partial charge in [-0.3, -0.25) is 4.79 Å². The zero-order valence-electron chi connectivity index (χ0n) is 11.8. The fourth-order valence-electron chi connectivity index (χ4n) is 1.62. The number of benzene rings is 1. The van der Waals surface area contributed by atoms with E-state index in [2.05, 4.69) is 27.2 Å². The van der Waals surface area contributed by atoms with E-state index in [0.29, 0.717) is 14.9 Å². The van der Waals surface area contributed by atoms with Gasteiger partial charge in [0.1, 0.15) is 10.7 Å². The largest absolute Gasteiger partial charge is 0.593 e. The molecule has 1 rings (SSSR count). The van der Waals surface area contributed by atoms with Gasteiger partial charge < -0.3 is 9.29 Å². The standard InChI is InChI=1S/C14H17BrFNO3S/c1-4-20-14(18)8-13(17-21(19)9(2)3)11-6-5-10(16)7-12(11)15/h5-7,13,17H,2,4,8H2,1,3H3/t13-,21+/m1/s1. The summed E-state index contributed by atoms with van der Waals surface area (Å²) in [5, 5.41) is 0. The molecule has 0 amide bonds. The number of halogens is 2. The average Bonchev–Trinajstić information content (AvgIpc) is 2.38. The van der Waals surface area contributed by atoms with Crippen LogP contribution in [-0.4, -0.2) is 17.1 Å². The van der Waals surface area contributed by atoms with Gasteiger partial charge in [-0.2, -0.15) is 0 Å². The smallest absolute Gasteiger partial charge is 0.307 e. The number of carbonyl (C=O) groups excluding carboxylic acids is 1. The highest BCUT2D eigenvalue weighted by atomic mass is 79.9. The molecule has 0 saturated carbocycles. The second-order valence-electron chi connectivity index (χ2n) is 4.32. The fraction of sp³-hybridized carbons (Fsp3) is 0.357. The van der Waals surface area contributed by atoms with Crippen LogP contribution in [0.2, 0.25) is 0 Å². The minimum absolute atomic E-state index is 0.0168. The predicted molar refractivity (Wildman–Crippen MR) is 84.2 cm³/mol. The Morgan fingerprint density at radius 2 is 2.29 bits per heavy atom. The van der Waals surface area contributed by atoms with Crippen LogP contribution in [0.4, 0.5) is 4.39 Å². The number of ether oxygens (including phenoxy) is 1. The summed E-state index contributed by atoms with van der Waals surface area (Å²) in [4.78, 5) is 12.1. The van der Waals surface area contributed by atoms with Crippen LogP contribution in [0.5, 0.6) is 0 Å². The molecular formula is C14H17BrFNO3S. The minimum atomic E-state index is -1.50. The SMILES string of the molecule is C=C(C)[S@+]([O-])N[C@H](CC(=O)OCC)c1ccc(F)cc1Br. The molecule has 0 unspecified atom stereocenters. The lowest BCUT2D eigenvalue weighted by Gasteiger charge is -2.20. The summed E-state index contributed by atoms with van der Waals surface area (Å²) < 4.78 is 33.3. The zero-order chi connectivity index (χ0) is 16.0. The van der Waals surface area contributed by atoms with E-state index >= 15 is 0 Å². The monoisotopic (exact) mass is 377 g/mol. The van der Waals surface area contributed by atoms with Crippen molar-refractivity contribution in [1.29, 1.82) is 0 Å². The van der Waals surface area contributed by atoms with Gasteiger partial charge in [-0.1, -0.05) is 22.0 Å². The first-order valence-electron chi connectivity index (χ1n) is 6.29. The Morgan fingerprint density at radius 3 is 2.81 bits per heavy atom. The van der Waals surface area contributed by atoms with Crippen molar-refractivity contribution in [3.63, 3.8) is 0 Å². The number of nitrogens with one attached hydrogen (secondary N) is 1. The summed E-state index contributed by atoms with van der Waals surface area (Å²) in [7, 11) is 0. The third-order valence-electron chi connectivity index (χ3n) is 2.58. The Morgan fingerprint density at radius 1 is 1.62 bits per heavy atom. The Labute approximate surface area is 135 Å². The molecule has 0 aliphatic rings. The molecule has 0 saturated heterocycles. The number of allylic oxidation sites excluding steroid dienone is 1. The maximum atomic E-state index is 13.2. The van der Waals surface area contributed by atoms with E-state index in [1.807, 2.05) is 0 Å². The van der Waals surface area contributed by atoms with Crippen LogP contribution >= 0.6 is 15.9 Å². The van der Waals surface area contributed by atoms with Crippen LogP contribution in [0.1, 0.15) is 31.9 Å². The van der Waals surface area contributed by atoms with Gasteiger partial charge in [-0.05, 0) is 31.2 Å². The molecule has 1 aromatic carbocycles. The van der Waals surface area contributed by atoms with Gasteiger partial charge in [0.25, 0.3) is 0 Å². The molecule has 0 fully saturated rings. The Kier molecular flexibility index (Phi) is 7.37. The quantitative estimate of drug-likeness (QED) is 0.584. The van der Waals surface area contributed by atoms with Crippen molar-refractivity contribution in [2.45, 2.75) is 26.3 Å². The summed E-state index contributed by atoms with van der Waals surface area (Å²) in [6.07, 6.45) is -0.0168. The first kappa shape index (κ1) is 18.2. The lowest BCUT2D eigenvalue weighted by Crippen LogP contribution is -2.31. The van der Waals surface area contributed by atoms with Crippen molar-refractivity contribution in [3.8, 4) is 0 Å². The molecule has 0 heterocycles. The first-order chi connectivity index (χ1) is 9.85. The molecule has 1 N–H and O–H groups in total. The Balaban J connectivity index is 2.99. The Bertz CT molecular complexity index is 527. The van der Waals surface area contributed by atoms with E-state index in [-0.39, 0.29) is 13.0 Å². The van der Waals surface area contributed by atoms with E-state index in [1.165, 1.54) is 18.2 Å². The fourth-order valence-corrected chi connectivity index (χ4v) is 2.91. The van der Waals surface area contributed by atoms with Crippen LogP contribution in [0.25, 0.3) is 0 Å². The van der Waals surface area contributed by atoms with E-state index in [1.54, 1.807) is 13.8 Å². The number of hydrogen-bond donors (Lipinski definition) is 1. The van der Waals surface area contributed by atoms with Gasteiger partial charge in [-0.15, -0.1) is 4.72 Å². The summed E-state index contributed by atoms with van der Waals surface area (Å²) in [6, 6.07) is 3.53. The highest BCUT2D eigenvalue weighted by Crippen LogP contribution is 2.28. The molecule has 4 nitrogen and oxygen atoms in total. The lowest BCUT2D eigenvalue weighted by molar-refractivity contribution is -0.143. The molecule has 116 valence electrons. The van der Waals surface area contributed by atoms with Crippen molar-refractivity contribution in [2.24, 2.45) is 0 Å². The molecule has 21 heavy (non-hydrogen) atoms. The molecular weight excluding hydrogens is 361 g/mol. The van der Waals surface area contributed by atoms with Crippen molar-refractivity contribution in [3.05, 3.63) is 45.5 Å². The third-order valence-corrected chi connectivity index (χ3v) is 4.40. The Hall–Kier alpha value is -0.890. The van der Waals surface area contributed by atoms with Crippen molar-refractivity contribution in [2.75, 3.05) is 6.61 Å². The van der Waals surface area contributed by atoms with Gasteiger partial charge in [0.2, 0.25) is 0 Å². The summed E-state index contributed by atoms with van der Waals surface area (Å²) in [6.45, 7) is 7.19. The molecule has 0 radical (unpaired) electrons. The number of hydrogen-bond acceptors (Lipinski definition) is 4. The van der Waals surface area contributed by atoms with Crippen molar-refractivity contribution in [1.82, 2.24) is 4.72 Å². The molecule has 2 atom stereocenters. The maximum Gasteiger partial charge on any atom is 0.307 e. The van der Waals surface area contributed by atoms with E-state index < -0.39 is 29.2 Å². The number of esters is 1. The van der Waals surface area contributed by atoms with Crippen LogP contribution in [0.15, 0.2) is 34.2 Å². The van der Waals surface area contributed by atoms with Gasteiger partial charge in [0, 0.05) is 11.4 Å². The molecule has 1 aromatic rings. The van der Waals surface area contributed by atoms with Gasteiger partial charge in [0.05, 0.1) is 30.4 Å². The van der Waals surface area contributed by atoms with E-state index in [4.69, 9.17) is 4.74 Å². The third kappa shape index (κ3) is 5.78. The highest BCUT2D eigenvalue weighted by Gasteiger charge is 2.24. The van der Waals surface area contributed by atoms with Crippen LogP contribution in [0.3, 0.4) is 0 Å². The summed E-state index contributed by atoms with van der Waals surface area (Å²) >= 11 is 1.75. The molecule has 0 aromatic heterocycles. The molecule has 0 aliphatic heterocycles. The van der Waals surface area contributed by atoms with Gasteiger partial charge >= 0.3 is 5.97 Å².